The predicted octanol–water partition coefficient (Wildman–Crippen LogP) is 1.28. The lowest BCUT2D eigenvalue weighted by Gasteiger charge is -2.22. The molecule has 1 N–H and O–H groups in total. The quantitative estimate of drug-likeness (QED) is 0.858. The Hall–Kier alpha value is -1.50. The van der Waals surface area contributed by atoms with Crippen LogP contribution < -0.4 is 0 Å². The first kappa shape index (κ1) is 12.6. The van der Waals surface area contributed by atoms with Gasteiger partial charge in [0.2, 0.25) is 0 Å². The van der Waals surface area contributed by atoms with Crippen molar-refractivity contribution < 1.29 is 27.5 Å². The Balaban J connectivity index is 2.74. The first-order valence-corrected chi connectivity index (χ1v) is 4.43. The second-order valence-electron chi connectivity index (χ2n) is 3.08. The summed E-state index contributed by atoms with van der Waals surface area (Å²) in [4.78, 5) is 12.0. The van der Waals surface area contributed by atoms with Gasteiger partial charge in [0.05, 0.1) is 18.4 Å². The third-order valence-corrected chi connectivity index (χ3v) is 1.80. The summed E-state index contributed by atoms with van der Waals surface area (Å²) in [6.07, 6.45) is -2.24. The van der Waals surface area contributed by atoms with Gasteiger partial charge >= 0.3 is 6.18 Å². The van der Waals surface area contributed by atoms with Crippen LogP contribution >= 0.6 is 0 Å². The van der Waals surface area contributed by atoms with Crippen LogP contribution in [0.1, 0.15) is 10.4 Å². The zero-order valence-electron chi connectivity index (χ0n) is 8.20. The lowest BCUT2D eigenvalue weighted by Crippen LogP contribution is -2.40. The number of nitrogens with zero attached hydrogens (tertiary/aromatic N) is 1. The van der Waals surface area contributed by atoms with Crippen molar-refractivity contribution in [3.8, 4) is 0 Å². The van der Waals surface area contributed by atoms with E-state index in [9.17, 15) is 18.0 Å². The van der Waals surface area contributed by atoms with E-state index in [1.165, 1.54) is 12.3 Å². The number of furan rings is 1. The van der Waals surface area contributed by atoms with Crippen molar-refractivity contribution in [2.75, 3.05) is 19.7 Å². The molecule has 0 atom stereocenters. The van der Waals surface area contributed by atoms with Crippen LogP contribution in [0.25, 0.3) is 0 Å². The van der Waals surface area contributed by atoms with Crippen molar-refractivity contribution >= 4 is 5.91 Å². The van der Waals surface area contributed by atoms with Crippen LogP contribution in [0, 0.1) is 0 Å². The molecule has 0 aromatic carbocycles. The highest BCUT2D eigenvalue weighted by atomic mass is 19.4. The minimum absolute atomic E-state index is 0.0256. The van der Waals surface area contributed by atoms with E-state index >= 15 is 0 Å². The predicted molar refractivity (Wildman–Crippen MR) is 47.8 cm³/mol. The van der Waals surface area contributed by atoms with Gasteiger partial charge in [0.1, 0.15) is 12.8 Å². The molecule has 1 aromatic heterocycles. The minimum Gasteiger partial charge on any atom is -0.472 e. The molecule has 90 valence electrons. The van der Waals surface area contributed by atoms with E-state index in [2.05, 4.69) is 4.42 Å². The number of carbonyl (C=O) groups is 1. The fourth-order valence-electron chi connectivity index (χ4n) is 1.16. The molecule has 0 saturated heterocycles. The van der Waals surface area contributed by atoms with Gasteiger partial charge < -0.3 is 14.4 Å². The molecule has 1 aromatic rings. The van der Waals surface area contributed by atoms with Crippen LogP contribution in [0.2, 0.25) is 0 Å². The zero-order chi connectivity index (χ0) is 12.2. The monoisotopic (exact) mass is 237 g/mol. The molecular weight excluding hydrogens is 227 g/mol. The highest BCUT2D eigenvalue weighted by Crippen LogP contribution is 2.18. The summed E-state index contributed by atoms with van der Waals surface area (Å²) in [5, 5.41) is 8.60. The highest BCUT2D eigenvalue weighted by Gasteiger charge is 2.33. The Morgan fingerprint density at radius 1 is 1.50 bits per heavy atom. The Kier molecular flexibility index (Phi) is 3.94. The average Bonchev–Trinajstić information content (AvgIpc) is 2.66. The molecule has 7 heteroatoms. The third kappa shape index (κ3) is 3.58. The van der Waals surface area contributed by atoms with Crippen molar-refractivity contribution in [3.63, 3.8) is 0 Å². The van der Waals surface area contributed by atoms with Gasteiger partial charge in [-0.1, -0.05) is 0 Å². The van der Waals surface area contributed by atoms with Gasteiger partial charge in [-0.05, 0) is 6.07 Å². The van der Waals surface area contributed by atoms with Crippen LogP contribution in [-0.2, 0) is 0 Å². The number of carbonyl (C=O) groups excluding carboxylic acids is 1. The van der Waals surface area contributed by atoms with E-state index in [4.69, 9.17) is 5.11 Å². The molecule has 0 radical (unpaired) electrons. The molecule has 4 nitrogen and oxygen atoms in total. The van der Waals surface area contributed by atoms with Gasteiger partial charge in [0.15, 0.2) is 0 Å². The number of aliphatic hydroxyl groups is 1. The summed E-state index contributed by atoms with van der Waals surface area (Å²) in [5.41, 5.74) is 0.0256. The first-order chi connectivity index (χ1) is 7.44. The third-order valence-electron chi connectivity index (χ3n) is 1.80. The number of hydrogen-bond acceptors (Lipinski definition) is 3. The summed E-state index contributed by atoms with van der Waals surface area (Å²) in [6, 6.07) is 1.27. The SMILES string of the molecule is O=C(c1ccoc1)N(CCO)CC(F)(F)F. The van der Waals surface area contributed by atoms with Crippen LogP contribution in [0.3, 0.4) is 0 Å². The van der Waals surface area contributed by atoms with Gasteiger partial charge in [-0.15, -0.1) is 0 Å². The molecule has 16 heavy (non-hydrogen) atoms. The Morgan fingerprint density at radius 3 is 2.62 bits per heavy atom. The molecule has 0 aliphatic heterocycles. The van der Waals surface area contributed by atoms with Gasteiger partial charge in [-0.25, -0.2) is 0 Å². The molecule has 0 bridgehead atoms. The summed E-state index contributed by atoms with van der Waals surface area (Å²) in [6.45, 7) is -2.29. The second kappa shape index (κ2) is 5.02. The van der Waals surface area contributed by atoms with E-state index in [0.29, 0.717) is 4.90 Å². The number of alkyl halides is 3. The van der Waals surface area contributed by atoms with Gasteiger partial charge in [-0.3, -0.25) is 4.79 Å². The van der Waals surface area contributed by atoms with Crippen molar-refractivity contribution in [2.45, 2.75) is 6.18 Å². The summed E-state index contributed by atoms with van der Waals surface area (Å²) < 4.78 is 41.0. The lowest BCUT2D eigenvalue weighted by molar-refractivity contribution is -0.141. The standard InChI is InChI=1S/C9H10F3NO3/c10-9(11,12)6-13(2-3-14)8(15)7-1-4-16-5-7/h1,4-5,14H,2-3,6H2. The summed E-state index contributed by atoms with van der Waals surface area (Å²) in [7, 11) is 0. The molecule has 0 aliphatic carbocycles. The zero-order valence-corrected chi connectivity index (χ0v) is 8.20. The van der Waals surface area contributed by atoms with Gasteiger partial charge in [0.25, 0.3) is 5.91 Å². The van der Waals surface area contributed by atoms with E-state index < -0.39 is 25.2 Å². The summed E-state index contributed by atoms with van der Waals surface area (Å²) >= 11 is 0. The van der Waals surface area contributed by atoms with E-state index in [0.717, 1.165) is 6.26 Å². The number of hydrogen-bond donors (Lipinski definition) is 1. The van der Waals surface area contributed by atoms with Crippen LogP contribution in [0.4, 0.5) is 13.2 Å². The number of halogens is 3. The van der Waals surface area contributed by atoms with Crippen LogP contribution in [-0.4, -0.2) is 41.8 Å². The minimum atomic E-state index is -4.49. The van der Waals surface area contributed by atoms with Crippen molar-refractivity contribution in [1.82, 2.24) is 4.90 Å². The number of amides is 1. The maximum Gasteiger partial charge on any atom is 0.406 e. The molecule has 0 fully saturated rings. The molecule has 0 unspecified atom stereocenters. The molecule has 0 spiro atoms. The average molecular weight is 237 g/mol. The fourth-order valence-corrected chi connectivity index (χ4v) is 1.16. The van der Waals surface area contributed by atoms with E-state index in [1.807, 2.05) is 0 Å². The Morgan fingerprint density at radius 2 is 2.19 bits per heavy atom. The first-order valence-electron chi connectivity index (χ1n) is 4.43. The van der Waals surface area contributed by atoms with E-state index in [-0.39, 0.29) is 12.1 Å². The van der Waals surface area contributed by atoms with Crippen molar-refractivity contribution in [3.05, 3.63) is 24.2 Å². The molecule has 1 rings (SSSR count). The molecule has 1 amide bonds. The smallest absolute Gasteiger partial charge is 0.406 e. The maximum absolute atomic E-state index is 12.1. The molecule has 1 heterocycles. The van der Waals surface area contributed by atoms with Gasteiger partial charge in [0, 0.05) is 6.54 Å². The molecular formula is C9H10F3NO3. The van der Waals surface area contributed by atoms with Crippen molar-refractivity contribution in [1.29, 1.82) is 0 Å². The van der Waals surface area contributed by atoms with Crippen LogP contribution in [0.15, 0.2) is 23.0 Å². The lowest BCUT2D eigenvalue weighted by atomic mass is 10.3. The second-order valence-corrected chi connectivity index (χ2v) is 3.08. The topological polar surface area (TPSA) is 53.7 Å². The normalized spacial score (nSPS) is 11.5. The fraction of sp³-hybridized carbons (Fsp3) is 0.444. The van der Waals surface area contributed by atoms with Crippen LogP contribution in [0.5, 0.6) is 0 Å². The maximum atomic E-state index is 12.1. The van der Waals surface area contributed by atoms with Crippen molar-refractivity contribution in [2.24, 2.45) is 0 Å². The largest absolute Gasteiger partial charge is 0.472 e. The van der Waals surface area contributed by atoms with E-state index in [1.54, 1.807) is 0 Å². The summed E-state index contributed by atoms with van der Waals surface area (Å²) in [5.74, 6) is -0.819. The number of rotatable bonds is 4. The molecule has 0 aliphatic rings. The number of aliphatic hydroxyl groups excluding tert-OH is 1. The highest BCUT2D eigenvalue weighted by molar-refractivity contribution is 5.93. The Labute approximate surface area is 89.3 Å². The Bertz CT molecular complexity index is 334. The molecule has 0 saturated carbocycles. The van der Waals surface area contributed by atoms with Gasteiger partial charge in [-0.2, -0.15) is 13.2 Å².